The van der Waals surface area contributed by atoms with E-state index in [0.717, 1.165) is 27.6 Å². The molecule has 0 aliphatic heterocycles. The second-order valence-corrected chi connectivity index (χ2v) is 5.52. The van der Waals surface area contributed by atoms with Crippen LogP contribution in [-0.2, 0) is 6.42 Å². The number of benzene rings is 1. The number of rotatable bonds is 2. The van der Waals surface area contributed by atoms with Gasteiger partial charge in [-0.05, 0) is 19.1 Å². The summed E-state index contributed by atoms with van der Waals surface area (Å²) in [6.07, 6.45) is 0.344. The van der Waals surface area contributed by atoms with Crippen LogP contribution >= 0.6 is 22.9 Å². The summed E-state index contributed by atoms with van der Waals surface area (Å²) in [7, 11) is 0. The predicted octanol–water partition coefficient (Wildman–Crippen LogP) is 4.09. The number of hydrogen-bond acceptors (Lipinski definition) is 3. The Labute approximate surface area is 119 Å². The van der Waals surface area contributed by atoms with Crippen molar-refractivity contribution >= 4 is 27.9 Å². The minimum absolute atomic E-state index is 0.344. The van der Waals surface area contributed by atoms with Crippen LogP contribution in [0, 0.1) is 18.3 Å². The van der Waals surface area contributed by atoms with Crippen LogP contribution < -0.4 is 0 Å². The van der Waals surface area contributed by atoms with Crippen LogP contribution in [0.3, 0.4) is 0 Å². The highest BCUT2D eigenvalue weighted by atomic mass is 35.5. The molecule has 0 saturated heterocycles. The second kappa shape index (κ2) is 4.69. The lowest BCUT2D eigenvalue weighted by Gasteiger charge is -2.02. The van der Waals surface area contributed by atoms with Gasteiger partial charge in [0.2, 0.25) is 0 Å². The Balaban J connectivity index is 2.25. The molecular formula is C14H10ClN3S. The molecule has 19 heavy (non-hydrogen) atoms. The molecule has 2 heterocycles. The molecule has 0 fully saturated rings. The summed E-state index contributed by atoms with van der Waals surface area (Å²) in [6, 6.07) is 9.77. The van der Waals surface area contributed by atoms with Gasteiger partial charge in [0.15, 0.2) is 4.96 Å². The molecule has 0 N–H and O–H groups in total. The molecule has 0 amide bonds. The van der Waals surface area contributed by atoms with E-state index in [1.54, 1.807) is 11.3 Å². The number of hydrogen-bond donors (Lipinski definition) is 0. The van der Waals surface area contributed by atoms with Gasteiger partial charge in [-0.25, -0.2) is 4.98 Å². The average molecular weight is 288 g/mol. The van der Waals surface area contributed by atoms with Crippen molar-refractivity contribution in [2.24, 2.45) is 0 Å². The summed E-state index contributed by atoms with van der Waals surface area (Å²) in [4.78, 5) is 5.56. The average Bonchev–Trinajstić information content (AvgIpc) is 2.93. The summed E-state index contributed by atoms with van der Waals surface area (Å²) in [5.74, 6) is 0. The Morgan fingerprint density at radius 1 is 1.37 bits per heavy atom. The van der Waals surface area contributed by atoms with Crippen molar-refractivity contribution in [1.82, 2.24) is 9.38 Å². The van der Waals surface area contributed by atoms with Gasteiger partial charge in [0, 0.05) is 21.7 Å². The van der Waals surface area contributed by atoms with Crippen molar-refractivity contribution in [3.05, 3.63) is 46.1 Å². The van der Waals surface area contributed by atoms with E-state index in [0.29, 0.717) is 11.4 Å². The first kappa shape index (κ1) is 12.2. The van der Waals surface area contributed by atoms with E-state index < -0.39 is 0 Å². The number of fused-ring (bicyclic) bond motifs is 1. The molecule has 3 nitrogen and oxygen atoms in total. The maximum Gasteiger partial charge on any atom is 0.194 e. The number of imidazole rings is 1. The van der Waals surface area contributed by atoms with E-state index in [1.807, 2.05) is 31.2 Å². The van der Waals surface area contributed by atoms with Gasteiger partial charge in [0.1, 0.15) is 0 Å². The molecular weight excluding hydrogens is 278 g/mol. The van der Waals surface area contributed by atoms with Crippen LogP contribution in [0.4, 0.5) is 0 Å². The summed E-state index contributed by atoms with van der Waals surface area (Å²) in [6.45, 7) is 2.03. The minimum Gasteiger partial charge on any atom is -0.290 e. The van der Waals surface area contributed by atoms with Gasteiger partial charge in [-0.15, -0.1) is 11.3 Å². The first-order chi connectivity index (χ1) is 9.20. The van der Waals surface area contributed by atoms with E-state index in [9.17, 15) is 0 Å². The summed E-state index contributed by atoms with van der Waals surface area (Å²) in [5, 5.41) is 11.8. The highest BCUT2D eigenvalue weighted by Crippen LogP contribution is 2.29. The lowest BCUT2D eigenvalue weighted by Crippen LogP contribution is -1.94. The van der Waals surface area contributed by atoms with Crippen LogP contribution in [0.1, 0.15) is 11.4 Å². The van der Waals surface area contributed by atoms with Crippen molar-refractivity contribution in [2.45, 2.75) is 13.3 Å². The number of nitrogens with zero attached hydrogens (tertiary/aromatic N) is 3. The zero-order valence-electron chi connectivity index (χ0n) is 10.2. The summed E-state index contributed by atoms with van der Waals surface area (Å²) >= 11 is 7.50. The normalized spacial score (nSPS) is 10.8. The molecule has 0 unspecified atom stereocenters. The Bertz CT molecular complexity index is 777. The largest absolute Gasteiger partial charge is 0.290 e. The van der Waals surface area contributed by atoms with Crippen molar-refractivity contribution in [1.29, 1.82) is 5.26 Å². The highest BCUT2D eigenvalue weighted by Gasteiger charge is 2.16. The van der Waals surface area contributed by atoms with E-state index >= 15 is 0 Å². The molecule has 0 aliphatic rings. The van der Waals surface area contributed by atoms with Crippen LogP contribution in [0.5, 0.6) is 0 Å². The van der Waals surface area contributed by atoms with Crippen molar-refractivity contribution in [2.75, 3.05) is 0 Å². The second-order valence-electron chi connectivity index (χ2n) is 4.24. The quantitative estimate of drug-likeness (QED) is 0.712. The topological polar surface area (TPSA) is 41.1 Å². The standard InChI is InChI=1S/C14H10ClN3S/c1-9-8-19-14-17-13(12(6-7-16)18(9)14)10-2-4-11(15)5-3-10/h2-5,8H,6H2,1H3. The smallest absolute Gasteiger partial charge is 0.194 e. The predicted molar refractivity (Wildman–Crippen MR) is 77.6 cm³/mol. The molecule has 0 saturated carbocycles. The van der Waals surface area contributed by atoms with Gasteiger partial charge in [-0.1, -0.05) is 23.7 Å². The fraction of sp³-hybridized carbons (Fsp3) is 0.143. The molecule has 0 atom stereocenters. The third-order valence-electron chi connectivity index (χ3n) is 2.99. The van der Waals surface area contributed by atoms with Gasteiger partial charge in [0.05, 0.1) is 23.9 Å². The zero-order valence-corrected chi connectivity index (χ0v) is 11.8. The number of aromatic nitrogens is 2. The lowest BCUT2D eigenvalue weighted by molar-refractivity contribution is 1.03. The van der Waals surface area contributed by atoms with Gasteiger partial charge in [-0.2, -0.15) is 5.26 Å². The fourth-order valence-electron chi connectivity index (χ4n) is 2.14. The first-order valence-electron chi connectivity index (χ1n) is 5.79. The molecule has 3 rings (SSSR count). The van der Waals surface area contributed by atoms with Crippen molar-refractivity contribution in [3.8, 4) is 17.3 Å². The first-order valence-corrected chi connectivity index (χ1v) is 7.05. The SMILES string of the molecule is Cc1csc2nc(-c3ccc(Cl)cc3)c(CC#N)n12. The third-order valence-corrected chi connectivity index (χ3v) is 4.19. The number of thiazole rings is 1. The van der Waals surface area contributed by atoms with E-state index in [2.05, 4.69) is 20.8 Å². The van der Waals surface area contributed by atoms with Crippen LogP contribution in [0.25, 0.3) is 16.2 Å². The highest BCUT2D eigenvalue weighted by molar-refractivity contribution is 7.15. The minimum atomic E-state index is 0.344. The van der Waals surface area contributed by atoms with Crippen LogP contribution in [0.15, 0.2) is 29.6 Å². The van der Waals surface area contributed by atoms with Crippen molar-refractivity contribution < 1.29 is 0 Å². The Morgan fingerprint density at radius 3 is 2.79 bits per heavy atom. The van der Waals surface area contributed by atoms with Gasteiger partial charge >= 0.3 is 0 Å². The molecule has 0 spiro atoms. The third kappa shape index (κ3) is 2.01. The molecule has 3 aromatic rings. The molecule has 2 aromatic heterocycles. The molecule has 94 valence electrons. The van der Waals surface area contributed by atoms with Gasteiger partial charge < -0.3 is 0 Å². The molecule has 0 aliphatic carbocycles. The molecule has 0 bridgehead atoms. The van der Waals surface area contributed by atoms with E-state index in [4.69, 9.17) is 16.9 Å². The maximum atomic E-state index is 9.03. The molecule has 0 radical (unpaired) electrons. The lowest BCUT2D eigenvalue weighted by atomic mass is 10.1. The number of nitriles is 1. The zero-order chi connectivity index (χ0) is 13.4. The summed E-state index contributed by atoms with van der Waals surface area (Å²) < 4.78 is 2.05. The Hall–Kier alpha value is -1.83. The van der Waals surface area contributed by atoms with Gasteiger partial charge in [0.25, 0.3) is 0 Å². The maximum absolute atomic E-state index is 9.03. The van der Waals surface area contributed by atoms with Crippen molar-refractivity contribution in [3.63, 3.8) is 0 Å². The van der Waals surface area contributed by atoms with E-state index in [-0.39, 0.29) is 0 Å². The number of halogens is 1. The summed E-state index contributed by atoms with van der Waals surface area (Å²) in [5.41, 5.74) is 3.91. The fourth-order valence-corrected chi connectivity index (χ4v) is 3.15. The Morgan fingerprint density at radius 2 is 2.11 bits per heavy atom. The van der Waals surface area contributed by atoms with Crippen LogP contribution in [0.2, 0.25) is 5.02 Å². The van der Waals surface area contributed by atoms with Crippen LogP contribution in [-0.4, -0.2) is 9.38 Å². The monoisotopic (exact) mass is 287 g/mol. The van der Waals surface area contributed by atoms with E-state index in [1.165, 1.54) is 0 Å². The Kier molecular flexibility index (Phi) is 3.02. The number of aryl methyl sites for hydroxylation is 1. The molecule has 1 aromatic carbocycles. The molecule has 5 heteroatoms. The van der Waals surface area contributed by atoms with Gasteiger partial charge in [-0.3, -0.25) is 4.40 Å².